The molecule has 0 fully saturated rings. The second kappa shape index (κ2) is 3.48. The molecule has 4 nitrogen and oxygen atoms in total. The fourth-order valence-corrected chi connectivity index (χ4v) is 1.78. The van der Waals surface area contributed by atoms with Gasteiger partial charge in [-0.1, -0.05) is 0 Å². The Morgan fingerprint density at radius 3 is 2.56 bits per heavy atom. The zero-order valence-corrected chi connectivity index (χ0v) is 8.90. The zero-order valence-electron chi connectivity index (χ0n) is 8.90. The minimum absolute atomic E-state index is 0.133. The summed E-state index contributed by atoms with van der Waals surface area (Å²) in [6, 6.07) is 2.86. The topological polar surface area (TPSA) is 67.5 Å². The summed E-state index contributed by atoms with van der Waals surface area (Å²) in [5.74, 6) is -0.133. The van der Waals surface area contributed by atoms with Gasteiger partial charge in [0.2, 0.25) is 0 Å². The third-order valence-electron chi connectivity index (χ3n) is 2.57. The molecule has 0 unspecified atom stereocenters. The number of hydrogen-bond donors (Lipinski definition) is 1. The van der Waals surface area contributed by atoms with Gasteiger partial charge in [0.05, 0.1) is 10.9 Å². The van der Waals surface area contributed by atoms with Crippen LogP contribution in [0, 0.1) is 13.8 Å². The van der Waals surface area contributed by atoms with E-state index in [0.717, 1.165) is 0 Å². The number of carbonyl (C=O) groups is 1. The lowest BCUT2D eigenvalue weighted by molar-refractivity contribution is 0.112. The number of aromatic hydroxyl groups is 1. The fourth-order valence-electron chi connectivity index (χ4n) is 1.78. The predicted molar refractivity (Wildman–Crippen MR) is 59.0 cm³/mol. The van der Waals surface area contributed by atoms with Gasteiger partial charge in [-0.05, 0) is 31.0 Å². The second-order valence-corrected chi connectivity index (χ2v) is 3.70. The van der Waals surface area contributed by atoms with Crippen molar-refractivity contribution in [2.75, 3.05) is 0 Å². The van der Waals surface area contributed by atoms with Gasteiger partial charge in [0, 0.05) is 6.07 Å². The fraction of sp³-hybridized carbons (Fsp3) is 0.167. The number of carbonyl (C=O) groups excluding carboxylic acids is 1. The first-order chi connectivity index (χ1) is 7.54. The van der Waals surface area contributed by atoms with Crippen LogP contribution < -0.4 is 5.63 Å². The maximum absolute atomic E-state index is 11.2. The van der Waals surface area contributed by atoms with Gasteiger partial charge in [-0.2, -0.15) is 0 Å². The van der Waals surface area contributed by atoms with Gasteiger partial charge < -0.3 is 9.52 Å². The molecule has 0 atom stereocenters. The lowest BCUT2D eigenvalue weighted by Gasteiger charge is -2.07. The number of hydrogen-bond acceptors (Lipinski definition) is 4. The van der Waals surface area contributed by atoms with E-state index in [1.165, 1.54) is 6.07 Å². The summed E-state index contributed by atoms with van der Waals surface area (Å²) < 4.78 is 4.97. The normalized spacial score (nSPS) is 10.6. The molecule has 1 heterocycles. The molecular formula is C12H10O4. The first kappa shape index (κ1) is 10.4. The molecule has 0 radical (unpaired) electrons. The Morgan fingerprint density at radius 1 is 1.25 bits per heavy atom. The average Bonchev–Trinajstić information content (AvgIpc) is 2.15. The van der Waals surface area contributed by atoms with Gasteiger partial charge in [0.1, 0.15) is 11.3 Å². The minimum atomic E-state index is -0.470. The second-order valence-electron chi connectivity index (χ2n) is 3.70. The van der Waals surface area contributed by atoms with Crippen molar-refractivity contribution < 1.29 is 14.3 Å². The van der Waals surface area contributed by atoms with Crippen molar-refractivity contribution in [1.82, 2.24) is 0 Å². The van der Waals surface area contributed by atoms with Crippen LogP contribution in [0.5, 0.6) is 5.75 Å². The highest BCUT2D eigenvalue weighted by Crippen LogP contribution is 2.31. The predicted octanol–water partition coefficient (Wildman–Crippen LogP) is 1.93. The Labute approximate surface area is 91.1 Å². The number of phenols is 1. The van der Waals surface area contributed by atoms with Crippen molar-refractivity contribution in [1.29, 1.82) is 0 Å². The number of aryl methyl sites for hydroxylation is 2. The molecule has 0 aliphatic carbocycles. The Balaban J connectivity index is 3.04. The van der Waals surface area contributed by atoms with Crippen LogP contribution in [0.2, 0.25) is 0 Å². The molecule has 2 rings (SSSR count). The van der Waals surface area contributed by atoms with Gasteiger partial charge >= 0.3 is 5.63 Å². The summed E-state index contributed by atoms with van der Waals surface area (Å²) in [7, 11) is 0. The first-order valence-corrected chi connectivity index (χ1v) is 4.77. The van der Waals surface area contributed by atoms with E-state index in [2.05, 4.69) is 0 Å². The van der Waals surface area contributed by atoms with Crippen LogP contribution >= 0.6 is 0 Å². The maximum atomic E-state index is 11.2. The van der Waals surface area contributed by atoms with E-state index >= 15 is 0 Å². The van der Waals surface area contributed by atoms with Gasteiger partial charge in [0.25, 0.3) is 0 Å². The van der Waals surface area contributed by atoms with E-state index in [-0.39, 0.29) is 11.3 Å². The number of aldehydes is 1. The number of benzene rings is 1. The van der Waals surface area contributed by atoms with E-state index in [4.69, 9.17) is 4.42 Å². The lowest BCUT2D eigenvalue weighted by atomic mass is 10.0. The molecule has 1 aromatic heterocycles. The van der Waals surface area contributed by atoms with E-state index in [0.29, 0.717) is 28.4 Å². The Kier molecular flexibility index (Phi) is 2.27. The molecule has 1 N–H and O–H groups in total. The van der Waals surface area contributed by atoms with Crippen LogP contribution in [0.25, 0.3) is 11.0 Å². The number of rotatable bonds is 1. The summed E-state index contributed by atoms with van der Waals surface area (Å²) >= 11 is 0. The van der Waals surface area contributed by atoms with E-state index in [1.54, 1.807) is 19.9 Å². The molecule has 0 saturated heterocycles. The summed E-state index contributed by atoms with van der Waals surface area (Å²) in [6.07, 6.45) is 0.592. The van der Waals surface area contributed by atoms with Crippen molar-refractivity contribution in [2.24, 2.45) is 0 Å². The van der Waals surface area contributed by atoms with Crippen LogP contribution in [0.15, 0.2) is 21.3 Å². The van der Waals surface area contributed by atoms with Crippen LogP contribution in [0.3, 0.4) is 0 Å². The molecule has 82 valence electrons. The van der Waals surface area contributed by atoms with Crippen molar-refractivity contribution in [3.63, 3.8) is 0 Å². The summed E-state index contributed by atoms with van der Waals surface area (Å²) in [5.41, 5.74) is 1.22. The SMILES string of the molecule is Cc1cc2oc(=O)cc(C)c2c(O)c1C=O. The minimum Gasteiger partial charge on any atom is -0.506 e. The molecule has 1 aromatic carbocycles. The van der Waals surface area contributed by atoms with Crippen molar-refractivity contribution >= 4 is 17.3 Å². The Bertz CT molecular complexity index is 637. The van der Waals surface area contributed by atoms with Crippen LogP contribution in [0.4, 0.5) is 0 Å². The third kappa shape index (κ3) is 1.39. The third-order valence-corrected chi connectivity index (χ3v) is 2.57. The van der Waals surface area contributed by atoms with Crippen molar-refractivity contribution in [3.05, 3.63) is 39.2 Å². The van der Waals surface area contributed by atoms with Crippen LogP contribution in [-0.2, 0) is 0 Å². The van der Waals surface area contributed by atoms with Gasteiger partial charge in [-0.15, -0.1) is 0 Å². The molecule has 4 heteroatoms. The van der Waals surface area contributed by atoms with Crippen molar-refractivity contribution in [3.8, 4) is 5.75 Å². The largest absolute Gasteiger partial charge is 0.506 e. The highest BCUT2D eigenvalue weighted by atomic mass is 16.4. The quantitative estimate of drug-likeness (QED) is 0.586. The average molecular weight is 218 g/mol. The van der Waals surface area contributed by atoms with Gasteiger partial charge in [-0.25, -0.2) is 4.79 Å². The highest BCUT2D eigenvalue weighted by molar-refractivity contribution is 5.96. The lowest BCUT2D eigenvalue weighted by Crippen LogP contribution is -1.99. The van der Waals surface area contributed by atoms with E-state index in [9.17, 15) is 14.7 Å². The smallest absolute Gasteiger partial charge is 0.336 e. The highest BCUT2D eigenvalue weighted by Gasteiger charge is 2.13. The van der Waals surface area contributed by atoms with Crippen LogP contribution in [0.1, 0.15) is 21.5 Å². The number of fused-ring (bicyclic) bond motifs is 1. The summed E-state index contributed by atoms with van der Waals surface area (Å²) in [5, 5.41) is 10.3. The number of phenolic OH excluding ortho intramolecular Hbond substituents is 1. The van der Waals surface area contributed by atoms with Crippen molar-refractivity contribution in [2.45, 2.75) is 13.8 Å². The molecule has 0 spiro atoms. The monoisotopic (exact) mass is 218 g/mol. The molecule has 16 heavy (non-hydrogen) atoms. The van der Waals surface area contributed by atoms with Gasteiger partial charge in [-0.3, -0.25) is 4.79 Å². The molecule has 0 aliphatic rings. The molecule has 2 aromatic rings. The molecular weight excluding hydrogens is 208 g/mol. The Morgan fingerprint density at radius 2 is 1.94 bits per heavy atom. The van der Waals surface area contributed by atoms with Gasteiger partial charge in [0.15, 0.2) is 6.29 Å². The zero-order chi connectivity index (χ0) is 11.9. The Hall–Kier alpha value is -2.10. The van der Waals surface area contributed by atoms with E-state index in [1.807, 2.05) is 0 Å². The summed E-state index contributed by atoms with van der Waals surface area (Å²) in [4.78, 5) is 22.0. The van der Waals surface area contributed by atoms with E-state index < -0.39 is 5.63 Å². The molecule has 0 saturated carbocycles. The molecule has 0 amide bonds. The molecule has 0 aliphatic heterocycles. The van der Waals surface area contributed by atoms with Crippen LogP contribution in [-0.4, -0.2) is 11.4 Å². The first-order valence-electron chi connectivity index (χ1n) is 4.77. The standard InChI is InChI=1S/C12H10O4/c1-6-3-9-11(12(15)8(6)5-13)7(2)4-10(14)16-9/h3-5,15H,1-2H3. The summed E-state index contributed by atoms with van der Waals surface area (Å²) in [6.45, 7) is 3.36. The molecule has 0 bridgehead atoms. The maximum Gasteiger partial charge on any atom is 0.336 e.